The van der Waals surface area contributed by atoms with Crippen LogP contribution in [0.2, 0.25) is 0 Å². The first-order valence-electron chi connectivity index (χ1n) is 2.89. The van der Waals surface area contributed by atoms with E-state index in [1.165, 1.54) is 24.3 Å². The summed E-state index contributed by atoms with van der Waals surface area (Å²) in [5.74, 6) is -0.788. The van der Waals surface area contributed by atoms with Crippen LogP contribution >= 0.6 is 0 Å². The Labute approximate surface area is 62.6 Å². The molecule has 0 aromatic heterocycles. The summed E-state index contributed by atoms with van der Waals surface area (Å²) in [6, 6.07) is 5.33. The zero-order valence-corrected chi connectivity index (χ0v) is 5.52. The van der Waals surface area contributed by atoms with Gasteiger partial charge in [-0.15, -0.1) is 0 Å². The lowest BCUT2D eigenvalue weighted by atomic mass is 10.2. The average Bonchev–Trinajstić information content (AvgIpc) is 2.05. The maximum Gasteiger partial charge on any atom is 0.372 e. The van der Waals surface area contributed by atoms with Gasteiger partial charge >= 0.3 is 5.97 Å². The summed E-state index contributed by atoms with van der Waals surface area (Å²) in [6.07, 6.45) is 0. The molecule has 0 aliphatic carbocycles. The number of hydrogen-bond acceptors (Lipinski definition) is 4. The number of carbonyl (C=O) groups is 1. The van der Waals surface area contributed by atoms with Crippen molar-refractivity contribution in [2.24, 2.45) is 0 Å². The molecule has 1 aromatic carbocycles. The second kappa shape index (κ2) is 3.03. The van der Waals surface area contributed by atoms with Crippen molar-refractivity contribution in [3.8, 4) is 5.75 Å². The minimum Gasteiger partial charge on any atom is -0.508 e. The number of phenols is 1. The number of hydrogen-bond donors (Lipinski definition) is 2. The predicted molar refractivity (Wildman–Crippen MR) is 36.2 cm³/mol. The molecular weight excluding hydrogens is 148 g/mol. The van der Waals surface area contributed by atoms with E-state index >= 15 is 0 Å². The van der Waals surface area contributed by atoms with E-state index in [0.717, 1.165) is 0 Å². The molecule has 0 atom stereocenters. The predicted octanol–water partition coefficient (Wildman–Crippen LogP) is 1.02. The molecule has 4 heteroatoms. The summed E-state index contributed by atoms with van der Waals surface area (Å²) >= 11 is 0. The van der Waals surface area contributed by atoms with E-state index in [9.17, 15) is 4.79 Å². The third-order valence-electron chi connectivity index (χ3n) is 1.19. The molecule has 0 heterocycles. The van der Waals surface area contributed by atoms with Crippen LogP contribution in [0.1, 0.15) is 10.4 Å². The summed E-state index contributed by atoms with van der Waals surface area (Å²) in [5.41, 5.74) is 0.185. The Hall–Kier alpha value is -1.55. The van der Waals surface area contributed by atoms with Crippen LogP contribution in [0.4, 0.5) is 0 Å². The van der Waals surface area contributed by atoms with Gasteiger partial charge in [-0.1, -0.05) is 0 Å². The Kier molecular flexibility index (Phi) is 2.08. The first-order chi connectivity index (χ1) is 5.24. The number of rotatable bonds is 1. The second-order valence-electron chi connectivity index (χ2n) is 1.93. The van der Waals surface area contributed by atoms with Crippen LogP contribution in [0.3, 0.4) is 0 Å². The normalized spacial score (nSPS) is 9.18. The molecule has 0 saturated carbocycles. The molecule has 2 N–H and O–H groups in total. The van der Waals surface area contributed by atoms with Gasteiger partial charge in [-0.2, -0.15) is 5.26 Å². The van der Waals surface area contributed by atoms with E-state index < -0.39 is 5.97 Å². The fourth-order valence-electron chi connectivity index (χ4n) is 0.650. The van der Waals surface area contributed by atoms with Crippen LogP contribution in [0.5, 0.6) is 5.75 Å². The highest BCUT2D eigenvalue weighted by molar-refractivity contribution is 5.88. The molecule has 0 unspecified atom stereocenters. The topological polar surface area (TPSA) is 66.8 Å². The first kappa shape index (κ1) is 7.56. The van der Waals surface area contributed by atoms with Gasteiger partial charge in [-0.25, -0.2) is 4.79 Å². The largest absolute Gasteiger partial charge is 0.508 e. The van der Waals surface area contributed by atoms with Crippen molar-refractivity contribution >= 4 is 5.97 Å². The molecule has 0 aliphatic heterocycles. The molecule has 58 valence electrons. The maximum atomic E-state index is 10.6. The van der Waals surface area contributed by atoms with Gasteiger partial charge in [0.15, 0.2) is 0 Å². The zero-order chi connectivity index (χ0) is 8.27. The van der Waals surface area contributed by atoms with Crippen molar-refractivity contribution in [1.29, 1.82) is 0 Å². The van der Waals surface area contributed by atoms with Crippen molar-refractivity contribution in [1.82, 2.24) is 0 Å². The third-order valence-corrected chi connectivity index (χ3v) is 1.19. The Morgan fingerprint density at radius 1 is 1.27 bits per heavy atom. The van der Waals surface area contributed by atoms with Crippen molar-refractivity contribution < 1.29 is 20.0 Å². The summed E-state index contributed by atoms with van der Waals surface area (Å²) in [5, 5.41) is 16.7. The molecule has 0 aliphatic rings. The van der Waals surface area contributed by atoms with Gasteiger partial charge in [0.1, 0.15) is 5.75 Å². The van der Waals surface area contributed by atoms with Crippen molar-refractivity contribution in [3.63, 3.8) is 0 Å². The van der Waals surface area contributed by atoms with Gasteiger partial charge in [0.25, 0.3) is 0 Å². The van der Waals surface area contributed by atoms with Gasteiger partial charge in [0, 0.05) is 0 Å². The highest BCUT2D eigenvalue weighted by Gasteiger charge is 2.04. The van der Waals surface area contributed by atoms with Crippen molar-refractivity contribution in [3.05, 3.63) is 29.8 Å². The molecule has 0 amide bonds. The molecule has 0 fully saturated rings. The van der Waals surface area contributed by atoms with Crippen LogP contribution in [-0.2, 0) is 4.89 Å². The quantitative estimate of drug-likeness (QED) is 0.468. The fraction of sp³-hybridized carbons (Fsp3) is 0. The average molecular weight is 154 g/mol. The van der Waals surface area contributed by atoms with Gasteiger partial charge in [0.05, 0.1) is 5.56 Å². The van der Waals surface area contributed by atoms with E-state index in [1.807, 2.05) is 0 Å². The van der Waals surface area contributed by atoms with Gasteiger partial charge in [-0.3, -0.25) is 4.89 Å². The number of benzene rings is 1. The smallest absolute Gasteiger partial charge is 0.372 e. The van der Waals surface area contributed by atoms with E-state index in [2.05, 4.69) is 4.89 Å². The molecule has 0 radical (unpaired) electrons. The molecule has 4 nitrogen and oxygen atoms in total. The van der Waals surface area contributed by atoms with Gasteiger partial charge < -0.3 is 5.11 Å². The second-order valence-corrected chi connectivity index (χ2v) is 1.93. The monoisotopic (exact) mass is 154 g/mol. The Balaban J connectivity index is 2.90. The Morgan fingerprint density at radius 2 is 1.82 bits per heavy atom. The number of carbonyl (C=O) groups excluding carboxylic acids is 1. The minimum atomic E-state index is -0.843. The van der Waals surface area contributed by atoms with E-state index in [0.29, 0.717) is 0 Å². The van der Waals surface area contributed by atoms with Crippen molar-refractivity contribution in [2.75, 3.05) is 0 Å². The summed E-state index contributed by atoms with van der Waals surface area (Å²) in [6.45, 7) is 0. The highest BCUT2D eigenvalue weighted by Crippen LogP contribution is 2.09. The lowest BCUT2D eigenvalue weighted by Gasteiger charge is -1.95. The zero-order valence-electron chi connectivity index (χ0n) is 5.52. The van der Waals surface area contributed by atoms with Crippen LogP contribution in [-0.4, -0.2) is 16.3 Å². The standard InChI is InChI=1S/C7H6O4/c8-6-3-1-5(2-4-6)7(9)11-10/h1-4,8,10H. The van der Waals surface area contributed by atoms with Crippen LogP contribution < -0.4 is 0 Å². The SMILES string of the molecule is O=C(OO)c1ccc(O)cc1. The van der Waals surface area contributed by atoms with Crippen LogP contribution in [0.15, 0.2) is 24.3 Å². The van der Waals surface area contributed by atoms with E-state index in [-0.39, 0.29) is 11.3 Å². The van der Waals surface area contributed by atoms with Gasteiger partial charge in [-0.05, 0) is 24.3 Å². The first-order valence-corrected chi connectivity index (χ1v) is 2.89. The Bertz CT molecular complexity index is 252. The lowest BCUT2D eigenvalue weighted by Crippen LogP contribution is -2.00. The van der Waals surface area contributed by atoms with Crippen molar-refractivity contribution in [2.45, 2.75) is 0 Å². The molecule has 1 rings (SSSR count). The maximum absolute atomic E-state index is 10.6. The summed E-state index contributed by atoms with van der Waals surface area (Å²) in [7, 11) is 0. The molecule has 11 heavy (non-hydrogen) atoms. The molecule has 0 saturated heterocycles. The molecule has 0 spiro atoms. The number of phenolic OH excluding ortho intramolecular Hbond substituents is 1. The highest BCUT2D eigenvalue weighted by atomic mass is 17.1. The summed E-state index contributed by atoms with van der Waals surface area (Å²) in [4.78, 5) is 14.0. The number of aromatic hydroxyl groups is 1. The molecule has 1 aromatic rings. The summed E-state index contributed by atoms with van der Waals surface area (Å²) < 4.78 is 0. The van der Waals surface area contributed by atoms with Crippen LogP contribution in [0.25, 0.3) is 0 Å². The Morgan fingerprint density at radius 3 is 2.27 bits per heavy atom. The van der Waals surface area contributed by atoms with Crippen LogP contribution in [0, 0.1) is 0 Å². The van der Waals surface area contributed by atoms with Gasteiger partial charge in [0.2, 0.25) is 0 Å². The minimum absolute atomic E-state index is 0.0551. The van der Waals surface area contributed by atoms with E-state index in [1.54, 1.807) is 0 Å². The fourth-order valence-corrected chi connectivity index (χ4v) is 0.650. The molecule has 0 bridgehead atoms. The third kappa shape index (κ3) is 1.68. The molecular formula is C7H6O4. The lowest BCUT2D eigenvalue weighted by molar-refractivity contribution is -0.182. The van der Waals surface area contributed by atoms with E-state index in [4.69, 9.17) is 10.4 Å².